The lowest BCUT2D eigenvalue weighted by Gasteiger charge is -2.30. The van der Waals surface area contributed by atoms with Crippen LogP contribution in [-0.4, -0.2) is 60.5 Å². The van der Waals surface area contributed by atoms with Crippen LogP contribution in [0.25, 0.3) is 0 Å². The third-order valence-corrected chi connectivity index (χ3v) is 5.10. The Morgan fingerprint density at radius 2 is 1.71 bits per heavy atom. The van der Waals surface area contributed by atoms with Gasteiger partial charge in [0, 0.05) is 32.1 Å². The Labute approximate surface area is 126 Å². The van der Waals surface area contributed by atoms with Crippen LogP contribution < -0.4 is 0 Å². The van der Waals surface area contributed by atoms with Crippen LogP contribution in [0.2, 0.25) is 0 Å². The molecule has 3 rings (SSSR count). The first-order valence-corrected chi connectivity index (χ1v) is 8.41. The summed E-state index contributed by atoms with van der Waals surface area (Å²) in [7, 11) is 0. The Morgan fingerprint density at radius 3 is 2.38 bits per heavy atom. The molecule has 5 heteroatoms. The largest absolute Gasteiger partial charge is 0.378 e. The van der Waals surface area contributed by atoms with Crippen molar-refractivity contribution in [1.82, 2.24) is 9.80 Å². The number of hydrogen-bond donors (Lipinski definition) is 0. The van der Waals surface area contributed by atoms with E-state index >= 15 is 0 Å². The number of morpholine rings is 1. The van der Waals surface area contributed by atoms with Gasteiger partial charge in [-0.1, -0.05) is 25.7 Å². The molecule has 3 fully saturated rings. The van der Waals surface area contributed by atoms with Crippen LogP contribution >= 0.6 is 0 Å². The number of ether oxygens (including phenoxy) is 1. The van der Waals surface area contributed by atoms with Gasteiger partial charge in [0.15, 0.2) is 0 Å². The summed E-state index contributed by atoms with van der Waals surface area (Å²) in [4.78, 5) is 28.7. The van der Waals surface area contributed by atoms with E-state index in [0.717, 1.165) is 12.8 Å². The first kappa shape index (κ1) is 14.8. The molecule has 2 heterocycles. The van der Waals surface area contributed by atoms with E-state index in [1.54, 1.807) is 0 Å². The maximum Gasteiger partial charge on any atom is 0.228 e. The number of likely N-dealkylation sites (tertiary alicyclic amines) is 1. The van der Waals surface area contributed by atoms with Gasteiger partial charge in [-0.3, -0.25) is 9.59 Å². The van der Waals surface area contributed by atoms with Gasteiger partial charge in [-0.25, -0.2) is 0 Å². The molecule has 21 heavy (non-hydrogen) atoms. The van der Waals surface area contributed by atoms with Gasteiger partial charge < -0.3 is 14.5 Å². The first-order chi connectivity index (χ1) is 10.3. The highest BCUT2D eigenvalue weighted by molar-refractivity contribution is 5.89. The summed E-state index contributed by atoms with van der Waals surface area (Å²) in [6.45, 7) is 3.23. The van der Waals surface area contributed by atoms with Crippen LogP contribution in [0.1, 0.15) is 44.9 Å². The van der Waals surface area contributed by atoms with Crippen molar-refractivity contribution < 1.29 is 14.3 Å². The molecule has 1 saturated carbocycles. The van der Waals surface area contributed by atoms with Crippen molar-refractivity contribution in [3.63, 3.8) is 0 Å². The third kappa shape index (κ3) is 3.39. The van der Waals surface area contributed by atoms with Crippen molar-refractivity contribution in [2.45, 2.75) is 51.0 Å². The molecule has 3 aliphatic rings. The average molecular weight is 294 g/mol. The molecular weight excluding hydrogens is 268 g/mol. The second kappa shape index (κ2) is 6.77. The van der Waals surface area contributed by atoms with E-state index in [0.29, 0.717) is 45.3 Å². The van der Waals surface area contributed by atoms with Crippen LogP contribution in [-0.2, 0) is 14.3 Å². The van der Waals surface area contributed by atoms with Gasteiger partial charge in [0.2, 0.25) is 11.8 Å². The molecule has 0 unspecified atom stereocenters. The molecule has 1 aliphatic carbocycles. The van der Waals surface area contributed by atoms with Crippen molar-refractivity contribution >= 4 is 11.8 Å². The van der Waals surface area contributed by atoms with Crippen LogP contribution in [0, 0.1) is 5.92 Å². The number of amides is 2. The second-order valence-electron chi connectivity index (χ2n) is 6.53. The fourth-order valence-corrected chi connectivity index (χ4v) is 3.86. The summed E-state index contributed by atoms with van der Waals surface area (Å²) in [5.74, 6) is 0.218. The molecule has 0 aromatic rings. The zero-order valence-corrected chi connectivity index (χ0v) is 12.8. The normalized spacial score (nSPS) is 28.8. The van der Waals surface area contributed by atoms with E-state index in [1.807, 2.05) is 9.80 Å². The molecule has 0 aromatic heterocycles. The molecule has 1 atom stereocenters. The molecule has 2 saturated heterocycles. The quantitative estimate of drug-likeness (QED) is 0.724. The van der Waals surface area contributed by atoms with Crippen molar-refractivity contribution in [2.24, 2.45) is 5.92 Å². The fraction of sp³-hybridized carbons (Fsp3) is 0.875. The van der Waals surface area contributed by atoms with Crippen molar-refractivity contribution in [1.29, 1.82) is 0 Å². The molecule has 118 valence electrons. The molecule has 0 N–H and O–H groups in total. The predicted octanol–water partition coefficient (Wildman–Crippen LogP) is 1.42. The number of carbonyl (C=O) groups excluding carboxylic acids is 2. The van der Waals surface area contributed by atoms with Crippen LogP contribution in [0.15, 0.2) is 0 Å². The molecule has 0 bridgehead atoms. The summed E-state index contributed by atoms with van der Waals surface area (Å²) in [6, 6.07) is 0.377. The fourth-order valence-electron chi connectivity index (χ4n) is 3.86. The predicted molar refractivity (Wildman–Crippen MR) is 78.7 cm³/mol. The van der Waals surface area contributed by atoms with Gasteiger partial charge in [0.25, 0.3) is 0 Å². The SMILES string of the molecule is O=C([C@H]1CC(=O)N(C2CCCCCC2)C1)N1CCOCC1. The Balaban J connectivity index is 1.59. The molecule has 0 radical (unpaired) electrons. The van der Waals surface area contributed by atoms with Crippen LogP contribution in [0.3, 0.4) is 0 Å². The van der Waals surface area contributed by atoms with E-state index in [4.69, 9.17) is 4.74 Å². The zero-order chi connectivity index (χ0) is 14.7. The molecule has 2 aliphatic heterocycles. The monoisotopic (exact) mass is 294 g/mol. The smallest absolute Gasteiger partial charge is 0.228 e. The number of carbonyl (C=O) groups is 2. The van der Waals surface area contributed by atoms with Gasteiger partial charge in [-0.05, 0) is 12.8 Å². The lowest BCUT2D eigenvalue weighted by atomic mass is 10.1. The number of nitrogens with zero attached hydrogens (tertiary/aromatic N) is 2. The molecule has 2 amide bonds. The summed E-state index contributed by atoms with van der Waals surface area (Å²) in [6.07, 6.45) is 7.65. The Hall–Kier alpha value is -1.10. The van der Waals surface area contributed by atoms with Crippen molar-refractivity contribution in [3.05, 3.63) is 0 Å². The van der Waals surface area contributed by atoms with Crippen molar-refractivity contribution in [2.75, 3.05) is 32.8 Å². The summed E-state index contributed by atoms with van der Waals surface area (Å²) in [5.41, 5.74) is 0. The second-order valence-corrected chi connectivity index (χ2v) is 6.53. The lowest BCUT2D eigenvalue weighted by Crippen LogP contribution is -2.44. The number of rotatable bonds is 2. The highest BCUT2D eigenvalue weighted by atomic mass is 16.5. The highest BCUT2D eigenvalue weighted by Crippen LogP contribution is 2.29. The molecular formula is C16H26N2O3. The van der Waals surface area contributed by atoms with Gasteiger partial charge in [0.1, 0.15) is 0 Å². The summed E-state index contributed by atoms with van der Waals surface area (Å²) in [5, 5.41) is 0. The van der Waals surface area contributed by atoms with Crippen molar-refractivity contribution in [3.8, 4) is 0 Å². The molecule has 5 nitrogen and oxygen atoms in total. The summed E-state index contributed by atoms with van der Waals surface area (Å²) >= 11 is 0. The standard InChI is InChI=1S/C16H26N2O3/c19-15-11-13(16(20)17-7-9-21-10-8-17)12-18(15)14-5-3-1-2-4-6-14/h13-14H,1-12H2/t13-/m0/s1. The zero-order valence-electron chi connectivity index (χ0n) is 12.8. The minimum Gasteiger partial charge on any atom is -0.378 e. The van der Waals surface area contributed by atoms with Gasteiger partial charge in [-0.15, -0.1) is 0 Å². The van der Waals surface area contributed by atoms with Gasteiger partial charge >= 0.3 is 0 Å². The first-order valence-electron chi connectivity index (χ1n) is 8.41. The maximum absolute atomic E-state index is 12.5. The average Bonchev–Trinajstić information content (AvgIpc) is 2.74. The minimum atomic E-state index is -0.126. The lowest BCUT2D eigenvalue weighted by molar-refractivity contribution is -0.139. The van der Waals surface area contributed by atoms with E-state index in [-0.39, 0.29) is 17.7 Å². The van der Waals surface area contributed by atoms with E-state index in [2.05, 4.69) is 0 Å². The van der Waals surface area contributed by atoms with Crippen LogP contribution in [0.5, 0.6) is 0 Å². The number of hydrogen-bond acceptors (Lipinski definition) is 3. The molecule has 0 aromatic carbocycles. The van der Waals surface area contributed by atoms with Crippen LogP contribution in [0.4, 0.5) is 0 Å². The highest BCUT2D eigenvalue weighted by Gasteiger charge is 2.39. The Bertz CT molecular complexity index is 385. The minimum absolute atomic E-state index is 0.126. The Kier molecular flexibility index (Phi) is 4.78. The Morgan fingerprint density at radius 1 is 1.05 bits per heavy atom. The van der Waals surface area contributed by atoms with E-state index < -0.39 is 0 Å². The maximum atomic E-state index is 12.5. The molecule has 0 spiro atoms. The van der Waals surface area contributed by atoms with E-state index in [1.165, 1.54) is 25.7 Å². The topological polar surface area (TPSA) is 49.9 Å². The summed E-state index contributed by atoms with van der Waals surface area (Å²) < 4.78 is 5.29. The van der Waals surface area contributed by atoms with Gasteiger partial charge in [0.05, 0.1) is 19.1 Å². The van der Waals surface area contributed by atoms with E-state index in [9.17, 15) is 9.59 Å². The van der Waals surface area contributed by atoms with Gasteiger partial charge in [-0.2, -0.15) is 0 Å². The third-order valence-electron chi connectivity index (χ3n) is 5.10.